The van der Waals surface area contributed by atoms with E-state index < -0.39 is 0 Å². The van der Waals surface area contributed by atoms with Gasteiger partial charge in [0.15, 0.2) is 5.69 Å². The molecule has 3 heteroatoms. The molecule has 0 aliphatic carbocycles. The molecule has 3 nitrogen and oxygen atoms in total. The fourth-order valence-electron chi connectivity index (χ4n) is 4.94. The first kappa shape index (κ1) is 20.5. The molecule has 0 radical (unpaired) electrons. The molecular formula is C32H19N3. The van der Waals surface area contributed by atoms with Gasteiger partial charge in [0.25, 0.3) is 0 Å². The van der Waals surface area contributed by atoms with Crippen molar-refractivity contribution in [2.45, 2.75) is 0 Å². The molecule has 1 heterocycles. The highest BCUT2D eigenvalue weighted by Gasteiger charge is 2.20. The lowest BCUT2D eigenvalue weighted by Gasteiger charge is -2.15. The molecular weight excluding hydrogens is 426 g/mol. The van der Waals surface area contributed by atoms with Gasteiger partial charge < -0.3 is 4.57 Å². The van der Waals surface area contributed by atoms with Gasteiger partial charge in [0.2, 0.25) is 0 Å². The van der Waals surface area contributed by atoms with Crippen LogP contribution in [0.5, 0.6) is 0 Å². The summed E-state index contributed by atoms with van der Waals surface area (Å²) < 4.78 is 2.28. The average Bonchev–Trinajstić information content (AvgIpc) is 3.26. The van der Waals surface area contributed by atoms with Gasteiger partial charge in [-0.15, -0.1) is 0 Å². The predicted octanol–water partition coefficient (Wildman–Crippen LogP) is 8.54. The van der Waals surface area contributed by atoms with E-state index in [1.165, 1.54) is 0 Å². The second-order valence-corrected chi connectivity index (χ2v) is 8.39. The van der Waals surface area contributed by atoms with Crippen molar-refractivity contribution in [1.82, 2.24) is 4.57 Å². The molecule has 1 aromatic heterocycles. The van der Waals surface area contributed by atoms with Crippen LogP contribution in [0.2, 0.25) is 0 Å². The van der Waals surface area contributed by atoms with Crippen molar-refractivity contribution < 1.29 is 0 Å². The number of aromatic nitrogens is 1. The van der Waals surface area contributed by atoms with Crippen LogP contribution in [0.4, 0.5) is 5.69 Å². The molecule has 0 amide bonds. The van der Waals surface area contributed by atoms with Crippen molar-refractivity contribution in [2.24, 2.45) is 0 Å². The number of nitrogens with zero attached hydrogens (tertiary/aromatic N) is 3. The zero-order chi connectivity index (χ0) is 23.8. The van der Waals surface area contributed by atoms with Crippen LogP contribution in [0.1, 0.15) is 5.56 Å². The Balaban J connectivity index is 1.81. The lowest BCUT2D eigenvalue weighted by molar-refractivity contribution is 1.18. The standard InChI is InChI=1S/C32H19N3/c1-34-29-17-10-13-23(21-33)32(29)28-19-27-25-16-8-9-18-30(25)35(24-14-6-3-7-15-24)31(27)20-26(28)22-11-4-2-5-12-22/h2-20H. The Labute approximate surface area is 203 Å². The minimum atomic E-state index is 0.479. The molecule has 0 atom stereocenters. The van der Waals surface area contributed by atoms with Crippen molar-refractivity contribution in [1.29, 1.82) is 5.26 Å². The number of para-hydroxylation sites is 2. The smallest absolute Gasteiger partial charge is 0.196 e. The predicted molar refractivity (Wildman–Crippen MR) is 143 cm³/mol. The van der Waals surface area contributed by atoms with Crippen LogP contribution in [0.3, 0.4) is 0 Å². The van der Waals surface area contributed by atoms with E-state index in [2.05, 4.69) is 76.1 Å². The summed E-state index contributed by atoms with van der Waals surface area (Å²) in [6.45, 7) is 7.80. The van der Waals surface area contributed by atoms with E-state index in [-0.39, 0.29) is 0 Å². The highest BCUT2D eigenvalue weighted by atomic mass is 15.0. The van der Waals surface area contributed by atoms with Crippen LogP contribution in [0.15, 0.2) is 115 Å². The van der Waals surface area contributed by atoms with Crippen molar-refractivity contribution >= 4 is 27.5 Å². The SMILES string of the molecule is [C-]#[N+]c1cccc(C#N)c1-c1cc2c3ccccc3n(-c3ccccc3)c2cc1-c1ccccc1. The Kier molecular flexibility index (Phi) is 4.88. The van der Waals surface area contributed by atoms with Gasteiger partial charge in [-0.1, -0.05) is 78.9 Å². The van der Waals surface area contributed by atoms with E-state index in [0.717, 1.165) is 44.2 Å². The van der Waals surface area contributed by atoms with Crippen molar-refractivity contribution in [3.05, 3.63) is 132 Å². The Morgan fingerprint density at radius 1 is 0.657 bits per heavy atom. The van der Waals surface area contributed by atoms with E-state index in [0.29, 0.717) is 16.8 Å². The summed E-state index contributed by atoms with van der Waals surface area (Å²) in [4.78, 5) is 3.78. The van der Waals surface area contributed by atoms with Crippen LogP contribution >= 0.6 is 0 Å². The molecule has 0 unspecified atom stereocenters. The first-order valence-corrected chi connectivity index (χ1v) is 11.4. The summed E-state index contributed by atoms with van der Waals surface area (Å²) in [5, 5.41) is 12.2. The molecule has 0 spiro atoms. The van der Waals surface area contributed by atoms with Gasteiger partial charge in [0.05, 0.1) is 23.7 Å². The highest BCUT2D eigenvalue weighted by Crippen LogP contribution is 2.44. The van der Waals surface area contributed by atoms with E-state index in [1.54, 1.807) is 18.2 Å². The monoisotopic (exact) mass is 445 g/mol. The molecule has 0 saturated carbocycles. The third-order valence-electron chi connectivity index (χ3n) is 6.46. The van der Waals surface area contributed by atoms with Crippen molar-refractivity contribution in [2.75, 3.05) is 0 Å². The third-order valence-corrected chi connectivity index (χ3v) is 6.46. The van der Waals surface area contributed by atoms with Crippen LogP contribution in [0, 0.1) is 17.9 Å². The van der Waals surface area contributed by atoms with E-state index >= 15 is 0 Å². The normalized spacial score (nSPS) is 10.8. The Morgan fingerprint density at radius 2 is 1.37 bits per heavy atom. The maximum atomic E-state index is 9.94. The maximum Gasteiger partial charge on any atom is 0.196 e. The number of hydrogen-bond donors (Lipinski definition) is 0. The number of hydrogen-bond acceptors (Lipinski definition) is 1. The minimum Gasteiger partial charge on any atom is -0.309 e. The highest BCUT2D eigenvalue weighted by molar-refractivity contribution is 6.13. The summed E-state index contributed by atoms with van der Waals surface area (Å²) in [5.74, 6) is 0. The Hall–Kier alpha value is -5.12. The quantitative estimate of drug-likeness (QED) is 0.251. The Bertz CT molecular complexity index is 1770. The molecule has 6 aromatic rings. The van der Waals surface area contributed by atoms with Gasteiger partial charge in [0.1, 0.15) is 0 Å². The van der Waals surface area contributed by atoms with Crippen LogP contribution < -0.4 is 0 Å². The zero-order valence-electron chi connectivity index (χ0n) is 18.8. The largest absolute Gasteiger partial charge is 0.309 e. The molecule has 0 fully saturated rings. The number of benzene rings is 5. The first-order valence-electron chi connectivity index (χ1n) is 11.4. The van der Waals surface area contributed by atoms with E-state index in [4.69, 9.17) is 6.57 Å². The molecule has 162 valence electrons. The second-order valence-electron chi connectivity index (χ2n) is 8.39. The zero-order valence-corrected chi connectivity index (χ0v) is 18.8. The molecule has 0 saturated heterocycles. The van der Waals surface area contributed by atoms with Gasteiger partial charge in [-0.25, -0.2) is 4.85 Å². The summed E-state index contributed by atoms with van der Waals surface area (Å²) >= 11 is 0. The second kappa shape index (κ2) is 8.34. The molecule has 0 N–H and O–H groups in total. The summed E-state index contributed by atoms with van der Waals surface area (Å²) in [6, 6.07) is 40.9. The average molecular weight is 446 g/mol. The van der Waals surface area contributed by atoms with Crippen LogP contribution in [-0.4, -0.2) is 4.57 Å². The van der Waals surface area contributed by atoms with Gasteiger partial charge in [-0.2, -0.15) is 5.26 Å². The lowest BCUT2D eigenvalue weighted by Crippen LogP contribution is -1.95. The minimum absolute atomic E-state index is 0.479. The molecule has 5 aromatic carbocycles. The molecule has 6 rings (SSSR count). The molecule has 35 heavy (non-hydrogen) atoms. The van der Waals surface area contributed by atoms with Crippen molar-refractivity contribution in [3.63, 3.8) is 0 Å². The Morgan fingerprint density at radius 3 is 2.11 bits per heavy atom. The number of fused-ring (bicyclic) bond motifs is 3. The van der Waals surface area contributed by atoms with E-state index in [1.807, 2.05) is 36.4 Å². The fourth-order valence-corrected chi connectivity index (χ4v) is 4.94. The molecule has 0 aliphatic heterocycles. The topological polar surface area (TPSA) is 33.1 Å². The summed E-state index contributed by atoms with van der Waals surface area (Å²) in [5.41, 5.74) is 7.87. The van der Waals surface area contributed by atoms with E-state index in [9.17, 15) is 5.26 Å². The molecule has 0 bridgehead atoms. The first-order chi connectivity index (χ1) is 17.3. The van der Waals surface area contributed by atoms with Gasteiger partial charge in [-0.05, 0) is 53.1 Å². The van der Waals surface area contributed by atoms with Gasteiger partial charge >= 0.3 is 0 Å². The number of rotatable bonds is 3. The van der Waals surface area contributed by atoms with Gasteiger partial charge in [0, 0.05) is 27.6 Å². The summed E-state index contributed by atoms with van der Waals surface area (Å²) in [7, 11) is 0. The number of nitriles is 1. The molecule has 0 aliphatic rings. The fraction of sp³-hybridized carbons (Fsp3) is 0. The van der Waals surface area contributed by atoms with Crippen LogP contribution in [0.25, 0.3) is 54.6 Å². The lowest BCUT2D eigenvalue weighted by atomic mass is 9.89. The third kappa shape index (κ3) is 3.27. The summed E-state index contributed by atoms with van der Waals surface area (Å²) in [6.07, 6.45) is 0. The van der Waals surface area contributed by atoms with Crippen LogP contribution in [-0.2, 0) is 0 Å². The maximum absolute atomic E-state index is 9.94. The van der Waals surface area contributed by atoms with Gasteiger partial charge in [-0.3, -0.25) is 0 Å². The van der Waals surface area contributed by atoms with Crippen molar-refractivity contribution in [3.8, 4) is 34.0 Å².